The molecule has 0 aliphatic rings. The van der Waals surface area contributed by atoms with Crippen molar-refractivity contribution in [1.82, 2.24) is 9.97 Å². The van der Waals surface area contributed by atoms with Gasteiger partial charge in [-0.25, -0.2) is 4.98 Å². The van der Waals surface area contributed by atoms with Crippen LogP contribution in [0.1, 0.15) is 11.1 Å². The van der Waals surface area contributed by atoms with E-state index in [1.54, 1.807) is 18.2 Å². The number of rotatable bonds is 5. The molecule has 132 valence electrons. The van der Waals surface area contributed by atoms with Gasteiger partial charge in [-0.1, -0.05) is 12.1 Å². The molecule has 2 N–H and O–H groups in total. The zero-order valence-electron chi connectivity index (χ0n) is 13.6. The standard InChI is InChI=1S/C17H16F3N3O2/c1-24-14-7-12-13(8-15(14)25-2)23-16(22-12)21-9-10-4-3-5-11(6-10)17(18,19)20/h3-8H,9H2,1-2H3,(H2,21,22,23). The van der Waals surface area contributed by atoms with E-state index in [1.165, 1.54) is 20.3 Å². The van der Waals surface area contributed by atoms with Crippen molar-refractivity contribution in [3.05, 3.63) is 47.5 Å². The molecule has 0 fully saturated rings. The van der Waals surface area contributed by atoms with Gasteiger partial charge in [0, 0.05) is 18.7 Å². The summed E-state index contributed by atoms with van der Waals surface area (Å²) >= 11 is 0. The number of aromatic nitrogens is 2. The second-order valence-corrected chi connectivity index (χ2v) is 5.36. The molecule has 8 heteroatoms. The smallest absolute Gasteiger partial charge is 0.416 e. The quantitative estimate of drug-likeness (QED) is 0.723. The largest absolute Gasteiger partial charge is 0.493 e. The molecular weight excluding hydrogens is 335 g/mol. The summed E-state index contributed by atoms with van der Waals surface area (Å²) in [5, 5.41) is 2.99. The van der Waals surface area contributed by atoms with E-state index in [4.69, 9.17) is 9.47 Å². The van der Waals surface area contributed by atoms with Crippen molar-refractivity contribution in [2.24, 2.45) is 0 Å². The lowest BCUT2D eigenvalue weighted by molar-refractivity contribution is -0.137. The number of nitrogens with zero attached hydrogens (tertiary/aromatic N) is 1. The van der Waals surface area contributed by atoms with Crippen molar-refractivity contribution in [3.8, 4) is 11.5 Å². The van der Waals surface area contributed by atoms with E-state index in [9.17, 15) is 13.2 Å². The Labute approximate surface area is 141 Å². The zero-order valence-corrected chi connectivity index (χ0v) is 13.6. The van der Waals surface area contributed by atoms with Gasteiger partial charge in [0.05, 0.1) is 30.8 Å². The van der Waals surface area contributed by atoms with Gasteiger partial charge in [-0.2, -0.15) is 13.2 Å². The van der Waals surface area contributed by atoms with Crippen LogP contribution < -0.4 is 14.8 Å². The lowest BCUT2D eigenvalue weighted by Gasteiger charge is -2.09. The number of imidazole rings is 1. The minimum Gasteiger partial charge on any atom is -0.493 e. The molecular formula is C17H16F3N3O2. The summed E-state index contributed by atoms with van der Waals surface area (Å²) < 4.78 is 48.7. The van der Waals surface area contributed by atoms with E-state index in [-0.39, 0.29) is 6.54 Å². The lowest BCUT2D eigenvalue weighted by Crippen LogP contribution is -2.07. The lowest BCUT2D eigenvalue weighted by atomic mass is 10.1. The Hall–Kier alpha value is -2.90. The number of methoxy groups -OCH3 is 2. The van der Waals surface area contributed by atoms with E-state index in [0.717, 1.165) is 17.6 Å². The van der Waals surface area contributed by atoms with E-state index in [1.807, 2.05) is 0 Å². The van der Waals surface area contributed by atoms with E-state index in [0.29, 0.717) is 28.5 Å². The maximum Gasteiger partial charge on any atom is 0.416 e. The summed E-state index contributed by atoms with van der Waals surface area (Å²) in [7, 11) is 3.07. The second-order valence-electron chi connectivity index (χ2n) is 5.36. The first-order chi connectivity index (χ1) is 11.9. The topological polar surface area (TPSA) is 59.2 Å². The summed E-state index contributed by atoms with van der Waals surface area (Å²) in [4.78, 5) is 7.42. The molecule has 0 aliphatic carbocycles. The Morgan fingerprint density at radius 2 is 1.80 bits per heavy atom. The molecule has 0 amide bonds. The molecule has 3 rings (SSSR count). The summed E-state index contributed by atoms with van der Waals surface area (Å²) in [6.07, 6.45) is -4.36. The highest BCUT2D eigenvalue weighted by Crippen LogP contribution is 2.32. The van der Waals surface area contributed by atoms with Gasteiger partial charge in [-0.3, -0.25) is 0 Å². The fraction of sp³-hybridized carbons (Fsp3) is 0.235. The molecule has 0 unspecified atom stereocenters. The summed E-state index contributed by atoms with van der Waals surface area (Å²) in [6, 6.07) is 8.63. The van der Waals surface area contributed by atoms with Crippen molar-refractivity contribution in [2.75, 3.05) is 19.5 Å². The van der Waals surface area contributed by atoms with E-state index >= 15 is 0 Å². The predicted molar refractivity (Wildman–Crippen MR) is 88.0 cm³/mol. The van der Waals surface area contributed by atoms with Gasteiger partial charge >= 0.3 is 6.18 Å². The molecule has 3 aromatic rings. The van der Waals surface area contributed by atoms with Gasteiger partial charge in [0.25, 0.3) is 0 Å². The first-order valence-electron chi connectivity index (χ1n) is 7.42. The first-order valence-corrected chi connectivity index (χ1v) is 7.42. The van der Waals surface area contributed by atoms with Crippen LogP contribution >= 0.6 is 0 Å². The van der Waals surface area contributed by atoms with Gasteiger partial charge in [-0.05, 0) is 17.7 Å². The number of alkyl halides is 3. The number of fused-ring (bicyclic) bond motifs is 1. The number of hydrogen-bond acceptors (Lipinski definition) is 4. The normalized spacial score (nSPS) is 11.6. The molecule has 0 saturated carbocycles. The van der Waals surface area contributed by atoms with Crippen LogP contribution in [-0.4, -0.2) is 24.2 Å². The van der Waals surface area contributed by atoms with Crippen LogP contribution in [0.4, 0.5) is 19.1 Å². The average molecular weight is 351 g/mol. The SMILES string of the molecule is COc1cc2nc(NCc3cccc(C(F)(F)F)c3)[nH]c2cc1OC. The molecule has 0 radical (unpaired) electrons. The zero-order chi connectivity index (χ0) is 18.0. The Morgan fingerprint density at radius 1 is 1.08 bits per heavy atom. The third-order valence-corrected chi connectivity index (χ3v) is 3.70. The minimum absolute atomic E-state index is 0.206. The molecule has 2 aromatic carbocycles. The van der Waals surface area contributed by atoms with Gasteiger partial charge < -0.3 is 19.8 Å². The van der Waals surface area contributed by atoms with Crippen LogP contribution in [0, 0.1) is 0 Å². The second kappa shape index (κ2) is 6.54. The molecule has 0 atom stereocenters. The van der Waals surface area contributed by atoms with E-state index < -0.39 is 11.7 Å². The van der Waals surface area contributed by atoms with Crippen molar-refractivity contribution >= 4 is 17.0 Å². The Morgan fingerprint density at radius 3 is 2.48 bits per heavy atom. The summed E-state index contributed by atoms with van der Waals surface area (Å²) in [5.41, 5.74) is 1.21. The number of aromatic amines is 1. The van der Waals surface area contributed by atoms with Crippen LogP contribution in [0.5, 0.6) is 11.5 Å². The van der Waals surface area contributed by atoms with Gasteiger partial charge in [0.2, 0.25) is 5.95 Å². The van der Waals surface area contributed by atoms with Crippen LogP contribution in [0.25, 0.3) is 11.0 Å². The van der Waals surface area contributed by atoms with Gasteiger partial charge in [0.15, 0.2) is 11.5 Å². The monoisotopic (exact) mass is 351 g/mol. The van der Waals surface area contributed by atoms with Crippen molar-refractivity contribution in [1.29, 1.82) is 0 Å². The number of halogens is 3. The highest BCUT2D eigenvalue weighted by atomic mass is 19.4. The maximum absolute atomic E-state index is 12.8. The third-order valence-electron chi connectivity index (χ3n) is 3.70. The van der Waals surface area contributed by atoms with Gasteiger partial charge in [0.1, 0.15) is 0 Å². The molecule has 0 spiro atoms. The summed E-state index contributed by atoms with van der Waals surface area (Å²) in [5.74, 6) is 1.55. The number of H-pyrrole nitrogens is 1. The number of ether oxygens (including phenoxy) is 2. The van der Waals surface area contributed by atoms with Crippen LogP contribution in [-0.2, 0) is 12.7 Å². The molecule has 25 heavy (non-hydrogen) atoms. The van der Waals surface area contributed by atoms with Crippen LogP contribution in [0.2, 0.25) is 0 Å². The van der Waals surface area contributed by atoms with Gasteiger partial charge in [-0.15, -0.1) is 0 Å². The fourth-order valence-corrected chi connectivity index (χ4v) is 2.46. The Bertz CT molecular complexity index is 849. The molecule has 1 heterocycles. The Balaban J connectivity index is 1.80. The number of hydrogen-bond donors (Lipinski definition) is 2. The fourth-order valence-electron chi connectivity index (χ4n) is 2.46. The van der Waals surface area contributed by atoms with E-state index in [2.05, 4.69) is 15.3 Å². The predicted octanol–water partition coefficient (Wildman–Crippen LogP) is 4.21. The van der Waals surface area contributed by atoms with Crippen molar-refractivity contribution in [3.63, 3.8) is 0 Å². The molecule has 0 saturated heterocycles. The molecule has 0 bridgehead atoms. The van der Waals surface area contributed by atoms with Crippen LogP contribution in [0.15, 0.2) is 36.4 Å². The molecule has 5 nitrogen and oxygen atoms in total. The highest BCUT2D eigenvalue weighted by molar-refractivity contribution is 5.81. The van der Waals surface area contributed by atoms with Crippen molar-refractivity contribution in [2.45, 2.75) is 12.7 Å². The summed E-state index contributed by atoms with van der Waals surface area (Å²) in [6.45, 7) is 0.206. The number of benzene rings is 2. The molecule has 0 aliphatic heterocycles. The minimum atomic E-state index is -4.36. The third kappa shape index (κ3) is 3.62. The highest BCUT2D eigenvalue weighted by Gasteiger charge is 2.30. The maximum atomic E-state index is 12.8. The van der Waals surface area contributed by atoms with Crippen LogP contribution in [0.3, 0.4) is 0 Å². The molecule has 1 aromatic heterocycles. The number of nitrogens with one attached hydrogen (secondary N) is 2. The van der Waals surface area contributed by atoms with Crippen molar-refractivity contribution < 1.29 is 22.6 Å². The Kier molecular flexibility index (Phi) is 4.43. The first kappa shape index (κ1) is 16.9. The average Bonchev–Trinajstić information content (AvgIpc) is 3.00. The number of anilines is 1.